The third-order valence-electron chi connectivity index (χ3n) is 5.68. The van der Waals surface area contributed by atoms with Crippen molar-refractivity contribution in [2.24, 2.45) is 0 Å². The summed E-state index contributed by atoms with van der Waals surface area (Å²) in [6.45, 7) is 1.76. The molecule has 1 unspecified atom stereocenters. The molecule has 29 heavy (non-hydrogen) atoms. The van der Waals surface area contributed by atoms with Gasteiger partial charge in [-0.05, 0) is 24.1 Å². The van der Waals surface area contributed by atoms with Crippen molar-refractivity contribution >= 4 is 22.2 Å². The molecule has 1 N–H and O–H groups in total. The Morgan fingerprint density at radius 2 is 2.03 bits per heavy atom. The average molecular weight is 406 g/mol. The fraction of sp³-hybridized carbons (Fsp3) is 0.261. The molecule has 148 valence electrons. The maximum absolute atomic E-state index is 5.81. The Balaban J connectivity index is 1.69. The van der Waals surface area contributed by atoms with Gasteiger partial charge in [-0.2, -0.15) is 0 Å². The molecule has 0 bridgehead atoms. The van der Waals surface area contributed by atoms with Crippen LogP contribution in [0, 0.1) is 0 Å². The second-order valence-electron chi connectivity index (χ2n) is 7.19. The van der Waals surface area contributed by atoms with Gasteiger partial charge in [-0.1, -0.05) is 30.3 Å². The number of hydrogen-bond donors (Lipinski definition) is 1. The molecule has 0 saturated heterocycles. The number of nitrogens with one attached hydrogen (secondary N) is 1. The zero-order chi connectivity index (χ0) is 19.8. The molecule has 1 aliphatic rings. The highest BCUT2D eigenvalue weighted by molar-refractivity contribution is 7.09. The molecule has 2 aromatic carbocycles. The van der Waals surface area contributed by atoms with Crippen molar-refractivity contribution in [3.05, 3.63) is 75.9 Å². The van der Waals surface area contributed by atoms with Crippen LogP contribution in [0.25, 0.3) is 10.9 Å². The molecule has 0 fully saturated rings. The second-order valence-corrected chi connectivity index (χ2v) is 8.17. The van der Waals surface area contributed by atoms with Crippen LogP contribution < -0.4 is 9.47 Å². The summed E-state index contributed by atoms with van der Waals surface area (Å²) in [4.78, 5) is 10.7. The highest BCUT2D eigenvalue weighted by atomic mass is 32.1. The fourth-order valence-electron chi connectivity index (χ4n) is 4.45. The van der Waals surface area contributed by atoms with Crippen LogP contribution in [0.3, 0.4) is 0 Å². The zero-order valence-corrected chi connectivity index (χ0v) is 17.3. The average Bonchev–Trinajstić information content (AvgIpc) is 3.40. The van der Waals surface area contributed by atoms with E-state index in [1.165, 1.54) is 22.2 Å². The Labute approximate surface area is 173 Å². The van der Waals surface area contributed by atoms with E-state index in [-0.39, 0.29) is 6.04 Å². The van der Waals surface area contributed by atoms with E-state index < -0.39 is 0 Å². The molecule has 0 radical (unpaired) electrons. The number of H-pyrrole nitrogens is 1. The molecule has 0 saturated carbocycles. The predicted octanol–water partition coefficient (Wildman–Crippen LogP) is 4.79. The number of nitrogens with zero attached hydrogens (tertiary/aromatic N) is 2. The van der Waals surface area contributed by atoms with E-state index in [4.69, 9.17) is 9.47 Å². The normalized spacial score (nSPS) is 16.7. The topological polar surface area (TPSA) is 50.4 Å². The molecular formula is C23H23N3O2S. The van der Waals surface area contributed by atoms with Crippen molar-refractivity contribution in [2.45, 2.75) is 19.0 Å². The number of benzene rings is 2. The van der Waals surface area contributed by atoms with Gasteiger partial charge >= 0.3 is 0 Å². The smallest absolute Gasteiger partial charge is 0.165 e. The lowest BCUT2D eigenvalue weighted by molar-refractivity contribution is 0.197. The summed E-state index contributed by atoms with van der Waals surface area (Å²) < 4.78 is 11.4. The number of methoxy groups -OCH3 is 2. The number of ether oxygens (including phenoxy) is 2. The third-order valence-corrected chi connectivity index (χ3v) is 6.45. The number of hydrogen-bond acceptors (Lipinski definition) is 5. The molecular weight excluding hydrogens is 382 g/mol. The molecule has 0 amide bonds. The van der Waals surface area contributed by atoms with Crippen LogP contribution >= 0.6 is 11.3 Å². The van der Waals surface area contributed by atoms with Crippen LogP contribution in [0.2, 0.25) is 0 Å². The summed E-state index contributed by atoms with van der Waals surface area (Å²) in [6, 6.07) is 14.7. The second kappa shape index (κ2) is 7.54. The lowest BCUT2D eigenvalue weighted by atomic mass is 9.91. The fourth-order valence-corrected chi connectivity index (χ4v) is 5.09. The van der Waals surface area contributed by atoms with E-state index in [0.717, 1.165) is 41.6 Å². The summed E-state index contributed by atoms with van der Waals surface area (Å²) in [5.41, 5.74) is 4.92. The number of thiazole rings is 1. The van der Waals surface area contributed by atoms with Crippen LogP contribution in [0.4, 0.5) is 0 Å². The summed E-state index contributed by atoms with van der Waals surface area (Å²) in [6.07, 6.45) is 2.88. The summed E-state index contributed by atoms with van der Waals surface area (Å²) in [7, 11) is 3.39. The number of fused-ring (bicyclic) bond motifs is 3. The van der Waals surface area contributed by atoms with Gasteiger partial charge in [-0.3, -0.25) is 4.90 Å². The van der Waals surface area contributed by atoms with Gasteiger partial charge in [0.05, 0.1) is 26.8 Å². The van der Waals surface area contributed by atoms with E-state index >= 15 is 0 Å². The van der Waals surface area contributed by atoms with Crippen molar-refractivity contribution in [2.75, 3.05) is 20.8 Å². The molecule has 2 aromatic heterocycles. The van der Waals surface area contributed by atoms with Crippen LogP contribution in [-0.2, 0) is 13.0 Å². The third kappa shape index (κ3) is 3.09. The lowest BCUT2D eigenvalue weighted by Crippen LogP contribution is -2.35. The molecule has 5 rings (SSSR count). The molecule has 6 heteroatoms. The van der Waals surface area contributed by atoms with Gasteiger partial charge in [-0.15, -0.1) is 11.3 Å². The maximum atomic E-state index is 5.81. The van der Waals surface area contributed by atoms with Gasteiger partial charge in [0.15, 0.2) is 11.5 Å². The minimum absolute atomic E-state index is 0.0418. The van der Waals surface area contributed by atoms with Crippen molar-refractivity contribution in [1.29, 1.82) is 0 Å². The van der Waals surface area contributed by atoms with Gasteiger partial charge in [0, 0.05) is 40.3 Å². The number of aromatic amines is 1. The highest BCUT2D eigenvalue weighted by Crippen LogP contribution is 2.44. The first-order valence-electron chi connectivity index (χ1n) is 9.73. The monoisotopic (exact) mass is 405 g/mol. The SMILES string of the molecule is COc1cccc(C2c3[nH]c4ccccc4c3CCN2Cc2nccs2)c1OC. The van der Waals surface area contributed by atoms with E-state index in [2.05, 4.69) is 45.2 Å². The molecule has 4 aromatic rings. The quantitative estimate of drug-likeness (QED) is 0.519. The minimum atomic E-state index is 0.0418. The number of rotatable bonds is 5. The summed E-state index contributed by atoms with van der Waals surface area (Å²) in [5, 5.41) is 4.47. The van der Waals surface area contributed by atoms with Crippen molar-refractivity contribution in [3.8, 4) is 11.5 Å². The summed E-state index contributed by atoms with van der Waals surface area (Å²) in [5.74, 6) is 1.54. The van der Waals surface area contributed by atoms with Crippen LogP contribution in [0.1, 0.15) is 27.9 Å². The first kappa shape index (κ1) is 18.2. The van der Waals surface area contributed by atoms with Gasteiger partial charge in [-0.25, -0.2) is 4.98 Å². The molecule has 1 aliphatic heterocycles. The highest BCUT2D eigenvalue weighted by Gasteiger charge is 2.34. The van der Waals surface area contributed by atoms with Crippen LogP contribution in [0.5, 0.6) is 11.5 Å². The van der Waals surface area contributed by atoms with E-state index in [0.29, 0.717) is 0 Å². The summed E-state index contributed by atoms with van der Waals surface area (Å²) >= 11 is 1.70. The van der Waals surface area contributed by atoms with Gasteiger partial charge in [0.2, 0.25) is 0 Å². The molecule has 0 aliphatic carbocycles. The molecule has 0 spiro atoms. The van der Waals surface area contributed by atoms with E-state index in [9.17, 15) is 0 Å². The Morgan fingerprint density at radius 3 is 2.83 bits per heavy atom. The van der Waals surface area contributed by atoms with Crippen LogP contribution in [0.15, 0.2) is 54.0 Å². The maximum Gasteiger partial charge on any atom is 0.165 e. The Morgan fingerprint density at radius 1 is 1.14 bits per heavy atom. The number of aromatic nitrogens is 2. The first-order valence-corrected chi connectivity index (χ1v) is 10.6. The van der Waals surface area contributed by atoms with Gasteiger partial charge < -0.3 is 14.5 Å². The van der Waals surface area contributed by atoms with E-state index in [1.807, 2.05) is 23.7 Å². The van der Waals surface area contributed by atoms with Crippen LogP contribution in [-0.4, -0.2) is 35.6 Å². The van der Waals surface area contributed by atoms with Gasteiger partial charge in [0.1, 0.15) is 5.01 Å². The molecule has 5 nitrogen and oxygen atoms in total. The lowest BCUT2D eigenvalue weighted by Gasteiger charge is -2.36. The van der Waals surface area contributed by atoms with Crippen molar-refractivity contribution < 1.29 is 9.47 Å². The standard InChI is InChI=1S/C23H23N3O2S/c1-27-19-9-5-7-17(23(19)28-2)22-21-16(15-6-3-4-8-18(15)25-21)10-12-26(22)14-20-24-11-13-29-20/h3-9,11,13,22,25H,10,12,14H2,1-2H3. The zero-order valence-electron chi connectivity index (χ0n) is 16.5. The predicted molar refractivity (Wildman–Crippen MR) is 116 cm³/mol. The Kier molecular flexibility index (Phi) is 4.73. The molecule has 1 atom stereocenters. The Hall–Kier alpha value is -2.83. The van der Waals surface area contributed by atoms with E-state index in [1.54, 1.807) is 25.6 Å². The largest absolute Gasteiger partial charge is 0.493 e. The first-order chi connectivity index (χ1) is 14.3. The Bertz CT molecular complexity index is 1140. The van der Waals surface area contributed by atoms with Crippen molar-refractivity contribution in [1.82, 2.24) is 14.9 Å². The van der Waals surface area contributed by atoms with Crippen molar-refractivity contribution in [3.63, 3.8) is 0 Å². The van der Waals surface area contributed by atoms with Gasteiger partial charge in [0.25, 0.3) is 0 Å². The number of para-hydroxylation sites is 2. The minimum Gasteiger partial charge on any atom is -0.493 e. The molecule has 3 heterocycles.